The molecule has 1 aromatic heterocycles. The van der Waals surface area contributed by atoms with Gasteiger partial charge >= 0.3 is 5.97 Å². The normalized spacial score (nSPS) is 13.3. The first-order valence-corrected chi connectivity index (χ1v) is 6.78. The Labute approximate surface area is 118 Å². The lowest BCUT2D eigenvalue weighted by Gasteiger charge is -2.10. The fraction of sp³-hybridized carbons (Fsp3) is 0.571. The number of carbonyl (C=O) groups is 1. The Bertz CT molecular complexity index is 554. The molecule has 2 N–H and O–H groups in total. The summed E-state index contributed by atoms with van der Waals surface area (Å²) in [4.78, 5) is 23.4. The SMILES string of the molecule is CCCC=C(OCC)c1c(C(C)C(=O)O)[nH]n(C)c1=O. The molecule has 6 nitrogen and oxygen atoms in total. The van der Waals surface area contributed by atoms with Crippen molar-refractivity contribution in [3.8, 4) is 0 Å². The first kappa shape index (κ1) is 16.1. The van der Waals surface area contributed by atoms with E-state index >= 15 is 0 Å². The summed E-state index contributed by atoms with van der Waals surface area (Å²) in [5, 5.41) is 12.0. The van der Waals surface area contributed by atoms with Crippen LogP contribution in [0.1, 0.15) is 50.8 Å². The van der Waals surface area contributed by atoms with Crippen molar-refractivity contribution in [3.63, 3.8) is 0 Å². The molecule has 1 atom stereocenters. The largest absolute Gasteiger partial charge is 0.493 e. The zero-order valence-electron chi connectivity index (χ0n) is 12.4. The summed E-state index contributed by atoms with van der Waals surface area (Å²) in [6.45, 7) is 5.82. The minimum atomic E-state index is -0.987. The number of nitrogens with one attached hydrogen (secondary N) is 1. The average Bonchev–Trinajstić information content (AvgIpc) is 2.70. The minimum Gasteiger partial charge on any atom is -0.493 e. The van der Waals surface area contributed by atoms with Gasteiger partial charge in [0.15, 0.2) is 0 Å². The molecule has 1 unspecified atom stereocenters. The molecule has 112 valence electrons. The van der Waals surface area contributed by atoms with Crippen LogP contribution in [-0.4, -0.2) is 27.5 Å². The van der Waals surface area contributed by atoms with Crippen LogP contribution < -0.4 is 5.56 Å². The number of ether oxygens (including phenoxy) is 1. The summed E-state index contributed by atoms with van der Waals surface area (Å²) in [5.41, 5.74) is 0.419. The summed E-state index contributed by atoms with van der Waals surface area (Å²) in [6.07, 6.45) is 3.53. The van der Waals surface area contributed by atoms with Gasteiger partial charge in [-0.25, -0.2) is 0 Å². The van der Waals surface area contributed by atoms with Crippen LogP contribution in [0.2, 0.25) is 0 Å². The summed E-state index contributed by atoms with van der Waals surface area (Å²) >= 11 is 0. The van der Waals surface area contributed by atoms with Gasteiger partial charge < -0.3 is 9.84 Å². The topological polar surface area (TPSA) is 84.3 Å². The molecule has 0 fully saturated rings. The summed E-state index contributed by atoms with van der Waals surface area (Å²) in [7, 11) is 1.56. The Kier molecular flexibility index (Phi) is 5.61. The van der Waals surface area contributed by atoms with Gasteiger partial charge in [-0.15, -0.1) is 0 Å². The molecule has 0 amide bonds. The smallest absolute Gasteiger partial charge is 0.312 e. The van der Waals surface area contributed by atoms with Crippen molar-refractivity contribution in [2.45, 2.75) is 39.5 Å². The molecule has 0 bridgehead atoms. The van der Waals surface area contributed by atoms with Gasteiger partial charge in [0.25, 0.3) is 5.56 Å². The molecular weight excluding hydrogens is 260 g/mol. The van der Waals surface area contributed by atoms with E-state index in [-0.39, 0.29) is 5.56 Å². The number of H-pyrrole nitrogens is 1. The van der Waals surface area contributed by atoms with Crippen LogP contribution in [0.5, 0.6) is 0 Å². The Hall–Kier alpha value is -1.98. The zero-order valence-corrected chi connectivity index (χ0v) is 12.4. The quantitative estimate of drug-likeness (QED) is 0.750. The monoisotopic (exact) mass is 282 g/mol. The van der Waals surface area contributed by atoms with Crippen LogP contribution in [0.4, 0.5) is 0 Å². The third-order valence-electron chi connectivity index (χ3n) is 3.04. The van der Waals surface area contributed by atoms with Gasteiger partial charge in [0.1, 0.15) is 11.3 Å². The Balaban J connectivity index is 3.40. The number of aryl methyl sites for hydroxylation is 1. The van der Waals surface area contributed by atoms with E-state index in [4.69, 9.17) is 9.84 Å². The summed E-state index contributed by atoms with van der Waals surface area (Å²) in [5.74, 6) is -1.33. The van der Waals surface area contributed by atoms with Crippen molar-refractivity contribution in [3.05, 3.63) is 27.7 Å². The fourth-order valence-corrected chi connectivity index (χ4v) is 1.91. The standard InChI is InChI=1S/C14H22N2O4/c1-5-7-8-10(20-6-2)11-12(9(3)14(18)19)15-16(4)13(11)17/h8-9,15H,5-7H2,1-4H3,(H,18,19). The molecule has 1 heterocycles. The predicted octanol–water partition coefficient (Wildman–Crippen LogP) is 2.08. The van der Waals surface area contributed by atoms with Crippen molar-refractivity contribution in [2.24, 2.45) is 7.05 Å². The highest BCUT2D eigenvalue weighted by atomic mass is 16.5. The molecule has 0 radical (unpaired) electrons. The van der Waals surface area contributed by atoms with E-state index in [1.165, 1.54) is 4.68 Å². The van der Waals surface area contributed by atoms with Gasteiger partial charge in [-0.3, -0.25) is 19.4 Å². The van der Waals surface area contributed by atoms with Crippen molar-refractivity contribution in [2.75, 3.05) is 6.61 Å². The summed E-state index contributed by atoms with van der Waals surface area (Å²) < 4.78 is 6.81. The molecule has 0 aliphatic carbocycles. The highest BCUT2D eigenvalue weighted by Gasteiger charge is 2.25. The maximum absolute atomic E-state index is 12.2. The first-order valence-electron chi connectivity index (χ1n) is 6.78. The molecule has 0 saturated heterocycles. The molecule has 0 aromatic carbocycles. The third-order valence-corrected chi connectivity index (χ3v) is 3.04. The number of aromatic amines is 1. The molecule has 6 heteroatoms. The predicted molar refractivity (Wildman–Crippen MR) is 76.6 cm³/mol. The average molecular weight is 282 g/mol. The Morgan fingerprint density at radius 2 is 2.15 bits per heavy atom. The van der Waals surface area contributed by atoms with Crippen molar-refractivity contribution in [1.82, 2.24) is 9.78 Å². The number of carboxylic acid groups (broad SMARTS) is 1. The van der Waals surface area contributed by atoms with E-state index in [0.29, 0.717) is 23.6 Å². The van der Waals surface area contributed by atoms with E-state index in [0.717, 1.165) is 12.8 Å². The lowest BCUT2D eigenvalue weighted by atomic mass is 10.0. The molecule has 20 heavy (non-hydrogen) atoms. The van der Waals surface area contributed by atoms with Gasteiger partial charge in [0.2, 0.25) is 0 Å². The number of hydrogen-bond donors (Lipinski definition) is 2. The zero-order chi connectivity index (χ0) is 15.3. The number of unbranched alkanes of at least 4 members (excludes halogenated alkanes) is 1. The van der Waals surface area contributed by atoms with Gasteiger partial charge in [-0.1, -0.05) is 13.3 Å². The van der Waals surface area contributed by atoms with Gasteiger partial charge in [-0.05, 0) is 26.3 Å². The Morgan fingerprint density at radius 3 is 2.65 bits per heavy atom. The molecule has 0 aliphatic rings. The number of aliphatic carboxylic acids is 1. The fourth-order valence-electron chi connectivity index (χ4n) is 1.91. The highest BCUT2D eigenvalue weighted by Crippen LogP contribution is 2.23. The van der Waals surface area contributed by atoms with Crippen LogP contribution in [0.15, 0.2) is 10.9 Å². The molecule has 1 aromatic rings. The van der Waals surface area contributed by atoms with E-state index in [9.17, 15) is 9.59 Å². The lowest BCUT2D eigenvalue weighted by Crippen LogP contribution is -2.16. The number of allylic oxidation sites excluding steroid dienone is 1. The number of aromatic nitrogens is 2. The maximum atomic E-state index is 12.2. The van der Waals surface area contributed by atoms with E-state index in [1.807, 2.05) is 19.9 Å². The third kappa shape index (κ3) is 3.31. The van der Waals surface area contributed by atoms with Crippen molar-refractivity contribution < 1.29 is 14.6 Å². The second-order valence-electron chi connectivity index (χ2n) is 4.61. The molecule has 0 spiro atoms. The Morgan fingerprint density at radius 1 is 1.50 bits per heavy atom. The number of hydrogen-bond acceptors (Lipinski definition) is 3. The van der Waals surface area contributed by atoms with Crippen LogP contribution in [0.3, 0.4) is 0 Å². The van der Waals surface area contributed by atoms with Crippen LogP contribution in [-0.2, 0) is 16.6 Å². The van der Waals surface area contributed by atoms with E-state index in [2.05, 4.69) is 5.10 Å². The second kappa shape index (κ2) is 6.98. The minimum absolute atomic E-state index is 0.274. The van der Waals surface area contributed by atoms with E-state index in [1.54, 1.807) is 14.0 Å². The number of rotatable bonds is 7. The van der Waals surface area contributed by atoms with E-state index < -0.39 is 11.9 Å². The molecule has 1 rings (SSSR count). The van der Waals surface area contributed by atoms with Crippen molar-refractivity contribution >= 4 is 11.7 Å². The van der Waals surface area contributed by atoms with Crippen LogP contribution in [0.25, 0.3) is 5.76 Å². The highest BCUT2D eigenvalue weighted by molar-refractivity contribution is 5.77. The molecule has 0 saturated carbocycles. The molecular formula is C14H22N2O4. The van der Waals surface area contributed by atoms with Gasteiger partial charge in [0, 0.05) is 7.05 Å². The van der Waals surface area contributed by atoms with Crippen LogP contribution >= 0.6 is 0 Å². The maximum Gasteiger partial charge on any atom is 0.312 e. The van der Waals surface area contributed by atoms with Gasteiger partial charge in [-0.2, -0.15) is 0 Å². The summed E-state index contributed by atoms with van der Waals surface area (Å²) in [6, 6.07) is 0. The van der Waals surface area contributed by atoms with Crippen molar-refractivity contribution in [1.29, 1.82) is 0 Å². The number of nitrogens with zero attached hydrogens (tertiary/aromatic N) is 1. The first-order chi connectivity index (χ1) is 9.43. The van der Waals surface area contributed by atoms with Gasteiger partial charge in [0.05, 0.1) is 18.2 Å². The lowest BCUT2D eigenvalue weighted by molar-refractivity contribution is -0.138. The second-order valence-corrected chi connectivity index (χ2v) is 4.61. The number of carboxylic acids is 1. The molecule has 0 aliphatic heterocycles. The van der Waals surface area contributed by atoms with Crippen LogP contribution in [0, 0.1) is 0 Å².